The zero-order chi connectivity index (χ0) is 22.2. The number of benzene rings is 2. The highest BCUT2D eigenvalue weighted by molar-refractivity contribution is 5.96. The van der Waals surface area contributed by atoms with Gasteiger partial charge in [0.05, 0.1) is 32.6 Å². The quantitative estimate of drug-likeness (QED) is 0.516. The van der Waals surface area contributed by atoms with Gasteiger partial charge < -0.3 is 19.5 Å². The van der Waals surface area contributed by atoms with Crippen LogP contribution in [0.15, 0.2) is 47.6 Å². The first-order valence-electron chi connectivity index (χ1n) is 10.2. The van der Waals surface area contributed by atoms with Gasteiger partial charge in [-0.15, -0.1) is 0 Å². The van der Waals surface area contributed by atoms with E-state index >= 15 is 0 Å². The maximum atomic E-state index is 12.8. The third kappa shape index (κ3) is 5.53. The van der Waals surface area contributed by atoms with Gasteiger partial charge in [-0.3, -0.25) is 9.80 Å². The van der Waals surface area contributed by atoms with Crippen molar-refractivity contribution in [2.24, 2.45) is 5.10 Å². The number of anilines is 1. The molecule has 2 aromatic rings. The van der Waals surface area contributed by atoms with Crippen LogP contribution in [0.5, 0.6) is 11.5 Å². The van der Waals surface area contributed by atoms with E-state index in [-0.39, 0.29) is 17.9 Å². The number of amides is 1. The molecular weight excluding hydrogens is 398 g/mol. The van der Waals surface area contributed by atoms with Gasteiger partial charge in [0.2, 0.25) is 5.91 Å². The van der Waals surface area contributed by atoms with Crippen LogP contribution < -0.4 is 14.8 Å². The topological polar surface area (TPSA) is 89.5 Å². The Hall–Kier alpha value is -3.55. The molecule has 1 unspecified atom stereocenters. The van der Waals surface area contributed by atoms with Crippen molar-refractivity contribution in [2.75, 3.05) is 32.7 Å². The lowest BCUT2D eigenvalue weighted by atomic mass is 10.2. The number of nitrogens with one attached hydrogen (secondary N) is 1. The van der Waals surface area contributed by atoms with Crippen LogP contribution in [0.1, 0.15) is 35.7 Å². The maximum Gasteiger partial charge on any atom is 0.338 e. The fourth-order valence-corrected chi connectivity index (χ4v) is 3.36. The van der Waals surface area contributed by atoms with E-state index in [1.165, 1.54) is 0 Å². The van der Waals surface area contributed by atoms with E-state index in [2.05, 4.69) is 10.4 Å². The van der Waals surface area contributed by atoms with Crippen molar-refractivity contribution < 1.29 is 23.8 Å². The molecule has 8 nitrogen and oxygen atoms in total. The van der Waals surface area contributed by atoms with Crippen LogP contribution in [-0.2, 0) is 9.53 Å². The smallest absolute Gasteiger partial charge is 0.338 e. The van der Waals surface area contributed by atoms with Crippen LogP contribution in [0, 0.1) is 0 Å². The molecule has 1 aliphatic rings. The summed E-state index contributed by atoms with van der Waals surface area (Å²) in [6.07, 6.45) is 3.31. The van der Waals surface area contributed by atoms with Crippen LogP contribution in [0.3, 0.4) is 0 Å². The van der Waals surface area contributed by atoms with Crippen molar-refractivity contribution in [3.05, 3.63) is 53.6 Å². The Morgan fingerprint density at radius 1 is 1.13 bits per heavy atom. The standard InChI is InChI=1S/C23H27N3O5/c1-4-31-23(28)17-8-10-18(11-9-17)25-22(27)19-6-5-13-26(19)24-15-16-7-12-20(29-2)21(14-16)30-3/h7-12,14-15,19H,4-6,13H2,1-3H3,(H,25,27)/b24-15+. The second-order valence-electron chi connectivity index (χ2n) is 6.97. The van der Waals surface area contributed by atoms with Gasteiger partial charge in [-0.2, -0.15) is 5.10 Å². The lowest BCUT2D eigenvalue weighted by Gasteiger charge is -2.20. The minimum Gasteiger partial charge on any atom is -0.493 e. The fraction of sp³-hybridized carbons (Fsp3) is 0.348. The van der Waals surface area contributed by atoms with Crippen LogP contribution in [0.2, 0.25) is 0 Å². The van der Waals surface area contributed by atoms with Crippen molar-refractivity contribution in [1.82, 2.24) is 5.01 Å². The van der Waals surface area contributed by atoms with E-state index < -0.39 is 0 Å². The predicted octanol–water partition coefficient (Wildman–Crippen LogP) is 3.32. The summed E-state index contributed by atoms with van der Waals surface area (Å²) in [5, 5.41) is 9.21. The Bertz CT molecular complexity index is 943. The Labute approximate surface area is 181 Å². The van der Waals surface area contributed by atoms with E-state index in [4.69, 9.17) is 14.2 Å². The summed E-state index contributed by atoms with van der Waals surface area (Å²) in [5.74, 6) is 0.748. The molecule has 0 saturated carbocycles. The normalized spacial score (nSPS) is 15.7. The number of methoxy groups -OCH3 is 2. The molecule has 8 heteroatoms. The van der Waals surface area contributed by atoms with E-state index in [9.17, 15) is 9.59 Å². The van der Waals surface area contributed by atoms with Crippen LogP contribution >= 0.6 is 0 Å². The van der Waals surface area contributed by atoms with Crippen molar-refractivity contribution in [1.29, 1.82) is 0 Å². The fourth-order valence-electron chi connectivity index (χ4n) is 3.36. The van der Waals surface area contributed by atoms with Gasteiger partial charge in [0.15, 0.2) is 11.5 Å². The highest BCUT2D eigenvalue weighted by Gasteiger charge is 2.29. The summed E-state index contributed by atoms with van der Waals surface area (Å²) in [7, 11) is 3.17. The van der Waals surface area contributed by atoms with E-state index in [1.807, 2.05) is 18.2 Å². The molecule has 0 aromatic heterocycles. The number of carbonyl (C=O) groups is 2. The second-order valence-corrected chi connectivity index (χ2v) is 6.97. The Morgan fingerprint density at radius 2 is 1.87 bits per heavy atom. The summed E-state index contributed by atoms with van der Waals surface area (Å²) in [5.41, 5.74) is 1.91. The van der Waals surface area contributed by atoms with Crippen molar-refractivity contribution in [3.8, 4) is 11.5 Å². The van der Waals surface area contributed by atoms with Crippen molar-refractivity contribution >= 4 is 23.8 Å². The van der Waals surface area contributed by atoms with Crippen molar-refractivity contribution in [2.45, 2.75) is 25.8 Å². The highest BCUT2D eigenvalue weighted by atomic mass is 16.5. The summed E-state index contributed by atoms with van der Waals surface area (Å²) >= 11 is 0. The third-order valence-corrected chi connectivity index (χ3v) is 4.95. The van der Waals surface area contributed by atoms with Crippen LogP contribution in [0.4, 0.5) is 5.69 Å². The highest BCUT2D eigenvalue weighted by Crippen LogP contribution is 2.27. The van der Waals surface area contributed by atoms with Crippen LogP contribution in [0.25, 0.3) is 0 Å². The van der Waals surface area contributed by atoms with Gasteiger partial charge in [0, 0.05) is 12.2 Å². The van der Waals surface area contributed by atoms with Crippen molar-refractivity contribution in [3.63, 3.8) is 0 Å². The molecule has 0 spiro atoms. The molecule has 1 N–H and O–H groups in total. The predicted molar refractivity (Wildman–Crippen MR) is 118 cm³/mol. The largest absolute Gasteiger partial charge is 0.493 e. The lowest BCUT2D eigenvalue weighted by molar-refractivity contribution is -0.120. The number of rotatable bonds is 8. The SMILES string of the molecule is CCOC(=O)c1ccc(NC(=O)C2CCCN2/N=C/c2ccc(OC)c(OC)c2)cc1. The van der Waals surface area contributed by atoms with Gasteiger partial charge in [-0.25, -0.2) is 4.79 Å². The minimum absolute atomic E-state index is 0.133. The molecule has 1 heterocycles. The summed E-state index contributed by atoms with van der Waals surface area (Å²) in [6, 6.07) is 11.8. The first kappa shape index (κ1) is 22.1. The van der Waals surface area contributed by atoms with Crippen LogP contribution in [-0.4, -0.2) is 56.5 Å². The molecule has 164 valence electrons. The van der Waals surface area contributed by atoms with E-state index in [0.717, 1.165) is 18.4 Å². The molecule has 1 atom stereocenters. The van der Waals surface area contributed by atoms with Gasteiger partial charge in [0.25, 0.3) is 0 Å². The summed E-state index contributed by atoms with van der Waals surface area (Å²) in [6.45, 7) is 2.77. The first-order chi connectivity index (χ1) is 15.0. The number of hydrogen-bond donors (Lipinski definition) is 1. The molecule has 0 bridgehead atoms. The number of hydrogen-bond acceptors (Lipinski definition) is 7. The molecule has 2 aromatic carbocycles. The average Bonchev–Trinajstić information content (AvgIpc) is 3.27. The maximum absolute atomic E-state index is 12.8. The third-order valence-electron chi connectivity index (χ3n) is 4.95. The van der Waals surface area contributed by atoms with Gasteiger partial charge in [-0.1, -0.05) is 0 Å². The number of carbonyl (C=O) groups excluding carboxylic acids is 2. The zero-order valence-electron chi connectivity index (χ0n) is 18.0. The number of hydrazone groups is 1. The molecule has 0 aliphatic carbocycles. The second kappa shape index (κ2) is 10.5. The Kier molecular flexibility index (Phi) is 7.48. The number of esters is 1. The van der Waals surface area contributed by atoms with E-state index in [0.29, 0.717) is 35.9 Å². The molecular formula is C23H27N3O5. The van der Waals surface area contributed by atoms with E-state index in [1.54, 1.807) is 56.6 Å². The first-order valence-corrected chi connectivity index (χ1v) is 10.2. The molecule has 3 rings (SSSR count). The summed E-state index contributed by atoms with van der Waals surface area (Å²) < 4.78 is 15.5. The Morgan fingerprint density at radius 3 is 2.55 bits per heavy atom. The molecule has 1 fully saturated rings. The molecule has 1 saturated heterocycles. The van der Waals surface area contributed by atoms with Gasteiger partial charge in [-0.05, 0) is 67.8 Å². The van der Waals surface area contributed by atoms with Gasteiger partial charge in [0.1, 0.15) is 6.04 Å². The number of ether oxygens (including phenoxy) is 3. The molecule has 1 aliphatic heterocycles. The average molecular weight is 425 g/mol. The minimum atomic E-state index is -0.383. The lowest BCUT2D eigenvalue weighted by Crippen LogP contribution is -2.36. The Balaban J connectivity index is 1.64. The number of nitrogens with zero attached hydrogens (tertiary/aromatic N) is 2. The molecule has 31 heavy (non-hydrogen) atoms. The molecule has 0 radical (unpaired) electrons. The molecule has 1 amide bonds. The summed E-state index contributed by atoms with van der Waals surface area (Å²) in [4.78, 5) is 24.5. The zero-order valence-corrected chi connectivity index (χ0v) is 18.0. The monoisotopic (exact) mass is 425 g/mol. The van der Waals surface area contributed by atoms with Gasteiger partial charge >= 0.3 is 5.97 Å².